The molecule has 0 aliphatic carbocycles. The second-order valence-corrected chi connectivity index (χ2v) is 5.30. The van der Waals surface area contributed by atoms with Gasteiger partial charge in [-0.1, -0.05) is 6.07 Å². The van der Waals surface area contributed by atoms with Crippen LogP contribution in [-0.2, 0) is 4.74 Å². The second kappa shape index (κ2) is 6.60. The monoisotopic (exact) mass is 339 g/mol. The van der Waals surface area contributed by atoms with Crippen molar-refractivity contribution in [1.82, 2.24) is 15.0 Å². The fourth-order valence-corrected chi connectivity index (χ4v) is 2.61. The third-order valence-corrected chi connectivity index (χ3v) is 3.81. The molecular formula is C17H17N5O3. The van der Waals surface area contributed by atoms with Crippen LogP contribution in [0.1, 0.15) is 17.3 Å². The number of methoxy groups -OCH3 is 1. The number of H-pyrrole nitrogens is 1. The molecule has 0 spiro atoms. The lowest BCUT2D eigenvalue weighted by molar-refractivity contribution is 0.0603. The first kappa shape index (κ1) is 16.4. The first-order valence-electron chi connectivity index (χ1n) is 7.64. The van der Waals surface area contributed by atoms with Crippen molar-refractivity contribution in [2.75, 3.05) is 18.6 Å². The van der Waals surface area contributed by atoms with E-state index in [1.165, 1.54) is 12.0 Å². The highest BCUT2D eigenvalue weighted by atomic mass is 16.5. The molecule has 1 aromatic carbocycles. The molecule has 0 aliphatic heterocycles. The molecule has 3 N–H and O–H groups in total. The van der Waals surface area contributed by atoms with E-state index in [1.54, 1.807) is 25.4 Å². The lowest BCUT2D eigenvalue weighted by Gasteiger charge is -2.13. The Balaban J connectivity index is 2.23. The van der Waals surface area contributed by atoms with Crippen LogP contribution in [0.4, 0.5) is 10.7 Å². The maximum Gasteiger partial charge on any atom is 0.340 e. The number of carbonyl (C=O) groups is 2. The minimum absolute atomic E-state index is 0.276. The third kappa shape index (κ3) is 3.01. The van der Waals surface area contributed by atoms with E-state index >= 15 is 0 Å². The number of carbonyl (C=O) groups excluding carboxylic acids is 2. The van der Waals surface area contributed by atoms with Crippen molar-refractivity contribution < 1.29 is 14.3 Å². The van der Waals surface area contributed by atoms with Crippen molar-refractivity contribution in [2.24, 2.45) is 5.73 Å². The van der Waals surface area contributed by atoms with Gasteiger partial charge in [-0.25, -0.2) is 14.6 Å². The summed E-state index contributed by atoms with van der Waals surface area (Å²) in [4.78, 5) is 36.5. The lowest BCUT2D eigenvalue weighted by Crippen LogP contribution is -2.36. The summed E-state index contributed by atoms with van der Waals surface area (Å²) in [5.74, 6) is -0.241. The van der Waals surface area contributed by atoms with Gasteiger partial charge in [-0.2, -0.15) is 0 Å². The summed E-state index contributed by atoms with van der Waals surface area (Å²) in [5.41, 5.74) is 8.29. The van der Waals surface area contributed by atoms with E-state index in [2.05, 4.69) is 15.0 Å². The second-order valence-electron chi connectivity index (χ2n) is 5.30. The minimum Gasteiger partial charge on any atom is -0.465 e. The maximum absolute atomic E-state index is 12.2. The predicted molar refractivity (Wildman–Crippen MR) is 93.3 cm³/mol. The van der Waals surface area contributed by atoms with E-state index in [0.29, 0.717) is 23.1 Å². The molecule has 0 radical (unpaired) electrons. The minimum atomic E-state index is -0.631. The van der Waals surface area contributed by atoms with Gasteiger partial charge in [0.25, 0.3) is 0 Å². The number of hydrogen-bond donors (Lipinski definition) is 2. The molecule has 8 heteroatoms. The number of aromatic nitrogens is 3. The van der Waals surface area contributed by atoms with Crippen molar-refractivity contribution in [2.45, 2.75) is 6.92 Å². The van der Waals surface area contributed by atoms with Crippen LogP contribution >= 0.6 is 0 Å². The zero-order chi connectivity index (χ0) is 18.0. The summed E-state index contributed by atoms with van der Waals surface area (Å²) >= 11 is 0. The van der Waals surface area contributed by atoms with Gasteiger partial charge in [0.05, 0.1) is 18.2 Å². The van der Waals surface area contributed by atoms with Crippen LogP contribution in [0.25, 0.3) is 22.2 Å². The Bertz CT molecular complexity index is 936. The van der Waals surface area contributed by atoms with Crippen LogP contribution in [0, 0.1) is 0 Å². The number of rotatable bonds is 4. The number of nitrogens with one attached hydrogen (secondary N) is 1. The highest BCUT2D eigenvalue weighted by Crippen LogP contribution is 2.28. The molecule has 0 unspecified atom stereocenters. The number of amides is 2. The SMILES string of the molecule is CCN(C(N)=O)c1nc2c(C(=O)OC)cc(-c3cccnc3)cc2[nH]1. The van der Waals surface area contributed by atoms with E-state index in [1.807, 2.05) is 18.2 Å². The summed E-state index contributed by atoms with van der Waals surface area (Å²) in [6, 6.07) is 6.59. The standard InChI is InChI=1S/C17H17N5O3/c1-3-22(16(18)24)17-20-13-8-11(10-5-4-6-19-9-10)7-12(14(13)21-17)15(23)25-2/h4-9H,3H2,1-2H3,(H2,18,24)(H,20,21). The van der Waals surface area contributed by atoms with E-state index < -0.39 is 12.0 Å². The van der Waals surface area contributed by atoms with E-state index in [9.17, 15) is 9.59 Å². The number of fused-ring (bicyclic) bond motifs is 1. The Labute approximate surface area is 143 Å². The summed E-state index contributed by atoms with van der Waals surface area (Å²) < 4.78 is 4.87. The van der Waals surface area contributed by atoms with Crippen molar-refractivity contribution in [3.05, 3.63) is 42.2 Å². The molecule has 25 heavy (non-hydrogen) atoms. The summed E-state index contributed by atoms with van der Waals surface area (Å²) in [6.07, 6.45) is 3.37. The number of primary amides is 1. The van der Waals surface area contributed by atoms with Gasteiger partial charge in [-0.05, 0) is 30.7 Å². The molecule has 0 saturated carbocycles. The molecule has 3 rings (SSSR count). The van der Waals surface area contributed by atoms with Crippen molar-refractivity contribution in [3.8, 4) is 11.1 Å². The van der Waals surface area contributed by atoms with Crippen LogP contribution in [0.2, 0.25) is 0 Å². The maximum atomic E-state index is 12.2. The van der Waals surface area contributed by atoms with Crippen LogP contribution in [0.3, 0.4) is 0 Å². The molecule has 8 nitrogen and oxygen atoms in total. The van der Waals surface area contributed by atoms with Gasteiger partial charge in [-0.3, -0.25) is 9.88 Å². The van der Waals surface area contributed by atoms with Gasteiger partial charge in [0.1, 0.15) is 5.52 Å². The average Bonchev–Trinajstić information content (AvgIpc) is 3.04. The van der Waals surface area contributed by atoms with Crippen molar-refractivity contribution in [3.63, 3.8) is 0 Å². The van der Waals surface area contributed by atoms with Crippen LogP contribution in [0.5, 0.6) is 0 Å². The molecule has 128 valence electrons. The number of hydrogen-bond acceptors (Lipinski definition) is 5. The zero-order valence-electron chi connectivity index (χ0n) is 13.8. The smallest absolute Gasteiger partial charge is 0.340 e. The topological polar surface area (TPSA) is 114 Å². The molecule has 0 atom stereocenters. The fourth-order valence-electron chi connectivity index (χ4n) is 2.61. The first-order chi connectivity index (χ1) is 12.0. The Hall–Kier alpha value is -3.42. The van der Waals surface area contributed by atoms with Crippen molar-refractivity contribution >= 4 is 29.0 Å². The molecule has 2 heterocycles. The van der Waals surface area contributed by atoms with Gasteiger partial charge in [0.2, 0.25) is 5.95 Å². The number of esters is 1. The molecule has 0 aliphatic rings. The number of benzene rings is 1. The largest absolute Gasteiger partial charge is 0.465 e. The van der Waals surface area contributed by atoms with E-state index in [4.69, 9.17) is 10.5 Å². The van der Waals surface area contributed by atoms with Gasteiger partial charge in [0.15, 0.2) is 0 Å². The predicted octanol–water partition coefficient (Wildman–Crippen LogP) is 2.32. The molecule has 2 aromatic heterocycles. The van der Waals surface area contributed by atoms with Gasteiger partial charge in [-0.15, -0.1) is 0 Å². The number of nitrogens with zero attached hydrogens (tertiary/aromatic N) is 3. The van der Waals surface area contributed by atoms with E-state index in [-0.39, 0.29) is 5.95 Å². The Morgan fingerprint density at radius 2 is 2.12 bits per heavy atom. The number of urea groups is 1. The summed E-state index contributed by atoms with van der Waals surface area (Å²) in [6.45, 7) is 2.12. The fraction of sp³-hybridized carbons (Fsp3) is 0.176. The van der Waals surface area contributed by atoms with Gasteiger partial charge in [0, 0.05) is 24.5 Å². The number of nitrogens with two attached hydrogens (primary N) is 1. The Morgan fingerprint density at radius 3 is 2.72 bits per heavy atom. The molecule has 2 amide bonds. The van der Waals surface area contributed by atoms with Crippen LogP contribution in [0.15, 0.2) is 36.7 Å². The van der Waals surface area contributed by atoms with E-state index in [0.717, 1.165) is 11.1 Å². The first-order valence-corrected chi connectivity index (χ1v) is 7.64. The highest BCUT2D eigenvalue weighted by molar-refractivity contribution is 6.05. The highest BCUT2D eigenvalue weighted by Gasteiger charge is 2.20. The van der Waals surface area contributed by atoms with Gasteiger partial charge < -0.3 is 15.5 Å². The van der Waals surface area contributed by atoms with Crippen molar-refractivity contribution in [1.29, 1.82) is 0 Å². The molecule has 3 aromatic rings. The number of anilines is 1. The molecular weight excluding hydrogens is 322 g/mol. The molecule has 0 saturated heterocycles. The number of ether oxygens (including phenoxy) is 1. The van der Waals surface area contributed by atoms with Crippen LogP contribution in [-0.4, -0.2) is 40.6 Å². The zero-order valence-corrected chi connectivity index (χ0v) is 13.8. The Kier molecular flexibility index (Phi) is 4.34. The third-order valence-electron chi connectivity index (χ3n) is 3.81. The lowest BCUT2D eigenvalue weighted by atomic mass is 10.0. The average molecular weight is 339 g/mol. The van der Waals surface area contributed by atoms with Crippen LogP contribution < -0.4 is 10.6 Å². The summed E-state index contributed by atoms with van der Waals surface area (Å²) in [5, 5.41) is 0. The molecule has 0 fully saturated rings. The number of pyridine rings is 1. The summed E-state index contributed by atoms with van der Waals surface area (Å²) in [7, 11) is 1.31. The number of aromatic amines is 1. The Morgan fingerprint density at radius 1 is 1.32 bits per heavy atom. The molecule has 0 bridgehead atoms. The number of imidazole rings is 1. The normalized spacial score (nSPS) is 10.6. The van der Waals surface area contributed by atoms with Gasteiger partial charge >= 0.3 is 12.0 Å². The quantitative estimate of drug-likeness (QED) is 0.708.